The van der Waals surface area contributed by atoms with E-state index in [1.54, 1.807) is 65.8 Å². The lowest BCUT2D eigenvalue weighted by Crippen LogP contribution is -2.56. The van der Waals surface area contributed by atoms with Gasteiger partial charge in [0.15, 0.2) is 0 Å². The number of nitrogens with two attached hydrogens (primary N) is 1. The zero-order valence-corrected chi connectivity index (χ0v) is 29.1. The standard InChI is InChI=1S/C37H50N4O7/c1-9-24-16-13-17-26(21-24)31(32(43)39-28(34(45)47-36(3,4)5)22-25-14-11-10-12-15-25)41(29-20-23(29)2)33(44)27(18-19-30(38)42)40-35(46)48-37(6,7)8/h9-17,21,23,27-29,31H,1,18-20,22H2,2-8H3,(H2,38,42)(H,39,43)(H,40,46). The van der Waals surface area contributed by atoms with E-state index < -0.39 is 59.1 Å². The Morgan fingerprint density at radius 1 is 0.938 bits per heavy atom. The molecule has 3 rings (SSSR count). The van der Waals surface area contributed by atoms with Crippen LogP contribution in [0.5, 0.6) is 0 Å². The van der Waals surface area contributed by atoms with Crippen molar-refractivity contribution in [2.45, 2.75) is 110 Å². The maximum Gasteiger partial charge on any atom is 0.408 e. The fraction of sp³-hybridized carbons (Fsp3) is 0.486. The summed E-state index contributed by atoms with van der Waals surface area (Å²) >= 11 is 0. The number of hydrogen-bond donors (Lipinski definition) is 3. The fourth-order valence-corrected chi connectivity index (χ4v) is 5.31. The molecule has 0 radical (unpaired) electrons. The van der Waals surface area contributed by atoms with Crippen LogP contribution in [0.2, 0.25) is 0 Å². The third-order valence-corrected chi connectivity index (χ3v) is 7.63. The van der Waals surface area contributed by atoms with Crippen LogP contribution in [-0.4, -0.2) is 64.0 Å². The van der Waals surface area contributed by atoms with Gasteiger partial charge in [0, 0.05) is 18.9 Å². The highest BCUT2D eigenvalue weighted by Gasteiger charge is 2.48. The Bertz CT molecular complexity index is 1480. The van der Waals surface area contributed by atoms with Crippen molar-refractivity contribution in [3.05, 3.63) is 77.9 Å². The lowest BCUT2D eigenvalue weighted by molar-refractivity contribution is -0.159. The molecule has 1 saturated carbocycles. The summed E-state index contributed by atoms with van der Waals surface area (Å²) in [6, 6.07) is 12.4. The van der Waals surface area contributed by atoms with E-state index in [-0.39, 0.29) is 31.2 Å². The minimum atomic E-state index is -1.23. The van der Waals surface area contributed by atoms with Crippen LogP contribution in [0.4, 0.5) is 4.79 Å². The molecule has 2 aromatic carbocycles. The van der Waals surface area contributed by atoms with Crippen molar-refractivity contribution >= 4 is 35.9 Å². The summed E-state index contributed by atoms with van der Waals surface area (Å²) in [7, 11) is 0. The van der Waals surface area contributed by atoms with Crippen molar-refractivity contribution in [3.8, 4) is 0 Å². The van der Waals surface area contributed by atoms with Gasteiger partial charge in [0.2, 0.25) is 17.7 Å². The van der Waals surface area contributed by atoms with Gasteiger partial charge < -0.3 is 30.7 Å². The van der Waals surface area contributed by atoms with Crippen LogP contribution >= 0.6 is 0 Å². The molecular formula is C37H50N4O7. The highest BCUT2D eigenvalue weighted by atomic mass is 16.6. The van der Waals surface area contributed by atoms with Gasteiger partial charge in [-0.3, -0.25) is 14.4 Å². The van der Waals surface area contributed by atoms with E-state index in [0.29, 0.717) is 17.5 Å². The Hall–Kier alpha value is -4.67. The molecule has 11 heteroatoms. The third kappa shape index (κ3) is 11.5. The fourth-order valence-electron chi connectivity index (χ4n) is 5.31. The molecule has 0 saturated heterocycles. The second-order valence-electron chi connectivity index (χ2n) is 14.3. The molecule has 5 atom stereocenters. The molecule has 5 unspecified atom stereocenters. The van der Waals surface area contributed by atoms with E-state index in [9.17, 15) is 24.0 Å². The van der Waals surface area contributed by atoms with Crippen molar-refractivity contribution in [1.82, 2.24) is 15.5 Å². The normalized spacial score (nSPS) is 17.6. The van der Waals surface area contributed by atoms with Gasteiger partial charge in [-0.2, -0.15) is 0 Å². The molecule has 0 aliphatic heterocycles. The van der Waals surface area contributed by atoms with Gasteiger partial charge in [-0.05, 0) is 83.1 Å². The first kappa shape index (κ1) is 37.8. The number of hydrogen-bond acceptors (Lipinski definition) is 7. The van der Waals surface area contributed by atoms with Crippen LogP contribution in [0.25, 0.3) is 6.08 Å². The maximum absolute atomic E-state index is 14.6. The first-order valence-electron chi connectivity index (χ1n) is 16.3. The van der Waals surface area contributed by atoms with Crippen molar-refractivity contribution in [2.24, 2.45) is 11.7 Å². The minimum absolute atomic E-state index is 0.0381. The lowest BCUT2D eigenvalue weighted by atomic mass is 9.98. The van der Waals surface area contributed by atoms with E-state index in [1.807, 2.05) is 43.3 Å². The molecule has 0 spiro atoms. The molecule has 0 heterocycles. The molecule has 1 fully saturated rings. The van der Waals surface area contributed by atoms with Gasteiger partial charge >= 0.3 is 12.1 Å². The number of primary amides is 1. The molecule has 4 amide bonds. The van der Waals surface area contributed by atoms with Gasteiger partial charge in [-0.1, -0.05) is 68.1 Å². The molecule has 260 valence electrons. The van der Waals surface area contributed by atoms with E-state index in [1.165, 1.54) is 4.90 Å². The van der Waals surface area contributed by atoms with Crippen LogP contribution < -0.4 is 16.4 Å². The molecule has 4 N–H and O–H groups in total. The average Bonchev–Trinajstić information content (AvgIpc) is 3.71. The first-order valence-corrected chi connectivity index (χ1v) is 16.3. The topological polar surface area (TPSA) is 157 Å². The SMILES string of the molecule is C=Cc1cccc(C(C(=O)NC(Cc2ccccc2)C(=O)OC(C)(C)C)N(C(=O)C(CCC(N)=O)NC(=O)OC(C)(C)C)C2CC2C)c1. The van der Waals surface area contributed by atoms with Crippen LogP contribution in [0.15, 0.2) is 61.2 Å². The lowest BCUT2D eigenvalue weighted by Gasteiger charge is -2.36. The quantitative estimate of drug-likeness (QED) is 0.245. The summed E-state index contributed by atoms with van der Waals surface area (Å²) in [4.78, 5) is 68.8. The van der Waals surface area contributed by atoms with Gasteiger partial charge in [-0.25, -0.2) is 9.59 Å². The molecule has 0 bridgehead atoms. The summed E-state index contributed by atoms with van der Waals surface area (Å²) in [6.45, 7) is 16.1. The second-order valence-corrected chi connectivity index (χ2v) is 14.3. The zero-order chi connectivity index (χ0) is 35.8. The molecule has 0 aromatic heterocycles. The van der Waals surface area contributed by atoms with Gasteiger partial charge in [0.25, 0.3) is 0 Å². The minimum Gasteiger partial charge on any atom is -0.458 e. The summed E-state index contributed by atoms with van der Waals surface area (Å²) in [6.07, 6.45) is 1.22. The van der Waals surface area contributed by atoms with E-state index in [4.69, 9.17) is 15.2 Å². The number of esters is 1. The number of carbonyl (C=O) groups excluding carboxylic acids is 5. The Morgan fingerprint density at radius 3 is 2.10 bits per heavy atom. The average molecular weight is 663 g/mol. The Balaban J connectivity index is 2.10. The first-order chi connectivity index (χ1) is 22.4. The molecule has 1 aliphatic carbocycles. The Morgan fingerprint density at radius 2 is 1.56 bits per heavy atom. The van der Waals surface area contributed by atoms with Crippen LogP contribution in [0.3, 0.4) is 0 Å². The maximum atomic E-state index is 14.6. The van der Waals surface area contributed by atoms with Crippen LogP contribution in [-0.2, 0) is 35.1 Å². The van der Waals surface area contributed by atoms with E-state index >= 15 is 0 Å². The number of carbonyl (C=O) groups is 5. The third-order valence-electron chi connectivity index (χ3n) is 7.63. The number of ether oxygens (including phenoxy) is 2. The number of amides is 4. The summed E-state index contributed by atoms with van der Waals surface area (Å²) in [5.41, 5.74) is 5.76. The molecule has 1 aliphatic rings. The Kier molecular flexibility index (Phi) is 12.6. The molecule has 11 nitrogen and oxygen atoms in total. The highest BCUT2D eigenvalue weighted by molar-refractivity contribution is 5.94. The van der Waals surface area contributed by atoms with E-state index in [0.717, 1.165) is 5.56 Å². The molecule has 2 aromatic rings. The monoisotopic (exact) mass is 662 g/mol. The van der Waals surface area contributed by atoms with Crippen molar-refractivity contribution < 1.29 is 33.4 Å². The summed E-state index contributed by atoms with van der Waals surface area (Å²) in [5.74, 6) is -2.43. The molecular weight excluding hydrogens is 612 g/mol. The smallest absolute Gasteiger partial charge is 0.408 e. The zero-order valence-electron chi connectivity index (χ0n) is 29.1. The van der Waals surface area contributed by atoms with Crippen LogP contribution in [0.1, 0.15) is 90.5 Å². The predicted molar refractivity (Wildman–Crippen MR) is 183 cm³/mol. The number of rotatable bonds is 14. The summed E-state index contributed by atoms with van der Waals surface area (Å²) < 4.78 is 11.1. The Labute approximate surface area is 283 Å². The van der Waals surface area contributed by atoms with Crippen molar-refractivity contribution in [3.63, 3.8) is 0 Å². The summed E-state index contributed by atoms with van der Waals surface area (Å²) in [5, 5.41) is 5.51. The van der Waals surface area contributed by atoms with Crippen molar-refractivity contribution in [1.29, 1.82) is 0 Å². The number of nitrogens with one attached hydrogen (secondary N) is 2. The van der Waals surface area contributed by atoms with E-state index in [2.05, 4.69) is 17.2 Å². The van der Waals surface area contributed by atoms with Crippen molar-refractivity contribution in [2.75, 3.05) is 0 Å². The van der Waals surface area contributed by atoms with Gasteiger partial charge in [-0.15, -0.1) is 0 Å². The van der Waals surface area contributed by atoms with Gasteiger partial charge in [0.1, 0.15) is 29.3 Å². The number of alkyl carbamates (subject to hydrolysis) is 1. The number of nitrogens with zero attached hydrogens (tertiary/aromatic N) is 1. The van der Waals surface area contributed by atoms with Crippen LogP contribution in [0, 0.1) is 5.92 Å². The predicted octanol–water partition coefficient (Wildman–Crippen LogP) is 4.84. The molecule has 48 heavy (non-hydrogen) atoms. The number of benzene rings is 2. The van der Waals surface area contributed by atoms with Gasteiger partial charge in [0.05, 0.1) is 0 Å². The second kappa shape index (κ2) is 16.0. The largest absolute Gasteiger partial charge is 0.458 e. The highest BCUT2D eigenvalue weighted by Crippen LogP contribution is 2.41.